The lowest BCUT2D eigenvalue weighted by Gasteiger charge is -2.14. The number of nitrogens with zero attached hydrogens (tertiary/aromatic N) is 2. The quantitative estimate of drug-likeness (QED) is 0.630. The third kappa shape index (κ3) is 3.23. The largest absolute Gasteiger partial charge is 0.383 e. The van der Waals surface area contributed by atoms with Crippen LogP contribution < -0.4 is 11.1 Å². The molecule has 1 fully saturated rings. The van der Waals surface area contributed by atoms with Crippen LogP contribution in [0.4, 0.5) is 11.6 Å². The number of nitrogens with one attached hydrogen (secondary N) is 1. The Morgan fingerprint density at radius 1 is 1.47 bits per heavy atom. The van der Waals surface area contributed by atoms with Crippen molar-refractivity contribution in [1.29, 1.82) is 0 Å². The van der Waals surface area contributed by atoms with Gasteiger partial charge in [-0.3, -0.25) is 0 Å². The van der Waals surface area contributed by atoms with Crippen LogP contribution in [-0.4, -0.2) is 35.5 Å². The standard InChI is InChI=1S/C11H18N4OS/c1-16-8-4-3-7(5-8)13-10-6-9(12)14-11(15-10)17-2/h6-8H,3-5H2,1-2H3,(H3,12,13,14,15). The topological polar surface area (TPSA) is 73.1 Å². The van der Waals surface area contributed by atoms with E-state index in [0.29, 0.717) is 23.1 Å². The third-order valence-electron chi connectivity index (χ3n) is 2.98. The van der Waals surface area contributed by atoms with E-state index in [1.54, 1.807) is 13.2 Å². The van der Waals surface area contributed by atoms with Crippen LogP contribution in [0, 0.1) is 0 Å². The number of hydrogen-bond acceptors (Lipinski definition) is 6. The van der Waals surface area contributed by atoms with Gasteiger partial charge in [-0.1, -0.05) is 11.8 Å². The van der Waals surface area contributed by atoms with Gasteiger partial charge in [-0.15, -0.1) is 0 Å². The lowest BCUT2D eigenvalue weighted by molar-refractivity contribution is 0.108. The Kier molecular flexibility index (Phi) is 4.06. The van der Waals surface area contributed by atoms with Crippen molar-refractivity contribution in [3.05, 3.63) is 6.07 Å². The summed E-state index contributed by atoms with van der Waals surface area (Å²) in [5.41, 5.74) is 5.73. The molecule has 1 aliphatic carbocycles. The second-order valence-electron chi connectivity index (χ2n) is 4.18. The number of hydrogen-bond donors (Lipinski definition) is 2. The van der Waals surface area contributed by atoms with E-state index in [9.17, 15) is 0 Å². The zero-order valence-electron chi connectivity index (χ0n) is 10.1. The van der Waals surface area contributed by atoms with E-state index in [1.807, 2.05) is 6.26 Å². The summed E-state index contributed by atoms with van der Waals surface area (Å²) >= 11 is 1.49. The summed E-state index contributed by atoms with van der Waals surface area (Å²) in [4.78, 5) is 8.51. The Balaban J connectivity index is 2.01. The maximum Gasteiger partial charge on any atom is 0.191 e. The molecule has 0 radical (unpaired) electrons. The van der Waals surface area contributed by atoms with Crippen molar-refractivity contribution in [1.82, 2.24) is 9.97 Å². The summed E-state index contributed by atoms with van der Waals surface area (Å²) in [5, 5.41) is 4.10. The fourth-order valence-corrected chi connectivity index (χ4v) is 2.49. The number of anilines is 2. The molecule has 5 nitrogen and oxygen atoms in total. The minimum absolute atomic E-state index is 0.367. The lowest BCUT2D eigenvalue weighted by atomic mass is 10.2. The zero-order chi connectivity index (χ0) is 12.3. The van der Waals surface area contributed by atoms with Gasteiger partial charge < -0.3 is 15.8 Å². The van der Waals surface area contributed by atoms with Crippen LogP contribution in [0.15, 0.2) is 11.2 Å². The van der Waals surface area contributed by atoms with E-state index in [0.717, 1.165) is 25.1 Å². The number of ether oxygens (including phenoxy) is 1. The predicted octanol–water partition coefficient (Wildman–Crippen LogP) is 1.76. The van der Waals surface area contributed by atoms with Gasteiger partial charge in [0.05, 0.1) is 6.10 Å². The second kappa shape index (κ2) is 5.55. The first-order valence-electron chi connectivity index (χ1n) is 5.69. The minimum atomic E-state index is 0.367. The van der Waals surface area contributed by atoms with E-state index in [1.165, 1.54) is 11.8 Å². The highest BCUT2D eigenvalue weighted by Crippen LogP contribution is 2.25. The van der Waals surface area contributed by atoms with Gasteiger partial charge in [0.1, 0.15) is 11.6 Å². The molecule has 1 aromatic heterocycles. The molecule has 1 aromatic rings. The summed E-state index contributed by atoms with van der Waals surface area (Å²) in [6.07, 6.45) is 5.54. The van der Waals surface area contributed by atoms with Crippen molar-refractivity contribution in [2.75, 3.05) is 24.4 Å². The molecule has 0 amide bonds. The van der Waals surface area contributed by atoms with Gasteiger partial charge in [0.2, 0.25) is 0 Å². The van der Waals surface area contributed by atoms with E-state index in [4.69, 9.17) is 10.5 Å². The van der Waals surface area contributed by atoms with E-state index >= 15 is 0 Å². The smallest absolute Gasteiger partial charge is 0.191 e. The van der Waals surface area contributed by atoms with Gasteiger partial charge in [-0.2, -0.15) is 0 Å². The van der Waals surface area contributed by atoms with E-state index in [2.05, 4.69) is 15.3 Å². The Hall–Kier alpha value is -1.01. The van der Waals surface area contributed by atoms with Crippen LogP contribution in [0.1, 0.15) is 19.3 Å². The molecule has 1 saturated carbocycles. The first-order chi connectivity index (χ1) is 8.21. The Bertz CT molecular complexity index is 388. The molecule has 17 heavy (non-hydrogen) atoms. The van der Waals surface area contributed by atoms with Gasteiger partial charge >= 0.3 is 0 Å². The van der Waals surface area contributed by atoms with Gasteiger partial charge in [0, 0.05) is 19.2 Å². The monoisotopic (exact) mass is 254 g/mol. The highest BCUT2D eigenvalue weighted by molar-refractivity contribution is 7.98. The summed E-state index contributed by atoms with van der Waals surface area (Å²) in [6, 6.07) is 2.20. The van der Waals surface area contributed by atoms with Crippen LogP contribution in [-0.2, 0) is 4.74 Å². The number of rotatable bonds is 4. The van der Waals surface area contributed by atoms with Crippen molar-refractivity contribution in [2.24, 2.45) is 0 Å². The normalized spacial score (nSPS) is 23.9. The van der Waals surface area contributed by atoms with Crippen LogP contribution in [0.2, 0.25) is 0 Å². The van der Waals surface area contributed by atoms with Crippen LogP contribution >= 0.6 is 11.8 Å². The van der Waals surface area contributed by atoms with Crippen molar-refractivity contribution in [2.45, 2.75) is 36.6 Å². The fourth-order valence-electron chi connectivity index (χ4n) is 2.10. The van der Waals surface area contributed by atoms with Gasteiger partial charge in [0.25, 0.3) is 0 Å². The number of methoxy groups -OCH3 is 1. The summed E-state index contributed by atoms with van der Waals surface area (Å²) in [5.74, 6) is 1.32. The van der Waals surface area contributed by atoms with Crippen molar-refractivity contribution in [3.8, 4) is 0 Å². The summed E-state index contributed by atoms with van der Waals surface area (Å²) < 4.78 is 5.35. The maximum atomic E-state index is 5.73. The lowest BCUT2D eigenvalue weighted by Crippen LogP contribution is -2.18. The van der Waals surface area contributed by atoms with E-state index < -0.39 is 0 Å². The number of thioether (sulfide) groups is 1. The molecular formula is C11H18N4OS. The van der Waals surface area contributed by atoms with Crippen LogP contribution in [0.25, 0.3) is 0 Å². The molecule has 1 heterocycles. The average molecular weight is 254 g/mol. The first kappa shape index (κ1) is 12.4. The van der Waals surface area contributed by atoms with E-state index in [-0.39, 0.29) is 0 Å². The predicted molar refractivity (Wildman–Crippen MR) is 70.3 cm³/mol. The van der Waals surface area contributed by atoms with Crippen molar-refractivity contribution < 1.29 is 4.74 Å². The summed E-state index contributed by atoms with van der Waals surface area (Å²) in [7, 11) is 1.77. The molecular weight excluding hydrogens is 236 g/mol. The SMILES string of the molecule is COC1CCC(Nc2cc(N)nc(SC)n2)C1. The second-order valence-corrected chi connectivity index (χ2v) is 4.95. The Morgan fingerprint density at radius 2 is 2.29 bits per heavy atom. The molecule has 2 rings (SSSR count). The highest BCUT2D eigenvalue weighted by atomic mass is 32.2. The highest BCUT2D eigenvalue weighted by Gasteiger charge is 2.24. The molecule has 0 bridgehead atoms. The molecule has 2 atom stereocenters. The number of aromatic nitrogens is 2. The number of nitrogen functional groups attached to an aromatic ring is 1. The molecule has 0 aromatic carbocycles. The van der Waals surface area contributed by atoms with Crippen molar-refractivity contribution >= 4 is 23.4 Å². The molecule has 94 valence electrons. The molecule has 6 heteroatoms. The fraction of sp³-hybridized carbons (Fsp3) is 0.636. The first-order valence-corrected chi connectivity index (χ1v) is 6.91. The molecule has 0 saturated heterocycles. The summed E-state index contributed by atoms with van der Waals surface area (Å²) in [6.45, 7) is 0. The van der Waals surface area contributed by atoms with Gasteiger partial charge in [-0.05, 0) is 25.5 Å². The Morgan fingerprint density at radius 3 is 2.94 bits per heavy atom. The molecule has 0 spiro atoms. The molecule has 3 N–H and O–H groups in total. The van der Waals surface area contributed by atoms with Crippen LogP contribution in [0.3, 0.4) is 0 Å². The molecule has 2 unspecified atom stereocenters. The van der Waals surface area contributed by atoms with Crippen LogP contribution in [0.5, 0.6) is 0 Å². The van der Waals surface area contributed by atoms with Crippen molar-refractivity contribution in [3.63, 3.8) is 0 Å². The zero-order valence-corrected chi connectivity index (χ0v) is 11.0. The Labute approximate surface area is 106 Å². The maximum absolute atomic E-state index is 5.73. The average Bonchev–Trinajstić information content (AvgIpc) is 2.76. The molecule has 0 aliphatic heterocycles. The third-order valence-corrected chi connectivity index (χ3v) is 3.53. The van der Waals surface area contributed by atoms with Gasteiger partial charge in [-0.25, -0.2) is 9.97 Å². The number of nitrogens with two attached hydrogens (primary N) is 1. The molecule has 1 aliphatic rings. The minimum Gasteiger partial charge on any atom is -0.383 e. The van der Waals surface area contributed by atoms with Gasteiger partial charge in [0.15, 0.2) is 5.16 Å².